The van der Waals surface area contributed by atoms with E-state index in [4.69, 9.17) is 5.11 Å². The molecule has 2 rings (SSSR count). The highest BCUT2D eigenvalue weighted by Gasteiger charge is 2.10. The van der Waals surface area contributed by atoms with E-state index in [1.165, 1.54) is 24.0 Å². The predicted molar refractivity (Wildman–Crippen MR) is 85.7 cm³/mol. The minimum atomic E-state index is 0.332. The number of hydrogen-bond acceptors (Lipinski definition) is 2. The van der Waals surface area contributed by atoms with Gasteiger partial charge in [0.05, 0.1) is 0 Å². The second-order valence-electron chi connectivity index (χ2n) is 5.68. The van der Waals surface area contributed by atoms with Gasteiger partial charge >= 0.3 is 0 Å². The first-order valence-corrected chi connectivity index (χ1v) is 7.93. The van der Waals surface area contributed by atoms with Crippen LogP contribution in [0.4, 0.5) is 0 Å². The van der Waals surface area contributed by atoms with E-state index in [1.807, 2.05) is 0 Å². The normalized spacial score (nSPS) is 17.1. The lowest BCUT2D eigenvalue weighted by Crippen LogP contribution is -2.28. The Bertz CT molecular complexity index is 372. The van der Waals surface area contributed by atoms with E-state index in [2.05, 4.69) is 41.4 Å². The van der Waals surface area contributed by atoms with E-state index in [9.17, 15) is 0 Å². The first kappa shape index (κ1) is 15.3. The van der Waals surface area contributed by atoms with Gasteiger partial charge in [0.2, 0.25) is 0 Å². The van der Waals surface area contributed by atoms with Crippen LogP contribution in [0.15, 0.2) is 47.6 Å². The van der Waals surface area contributed by atoms with Crippen molar-refractivity contribution in [3.05, 3.63) is 47.6 Å². The second-order valence-corrected chi connectivity index (χ2v) is 5.68. The van der Waals surface area contributed by atoms with Crippen LogP contribution in [0.25, 0.3) is 0 Å². The number of aliphatic hydroxyl groups is 1. The maximum Gasteiger partial charge on any atom is 0.0431 e. The highest BCUT2D eigenvalue weighted by atomic mass is 16.2. The summed E-state index contributed by atoms with van der Waals surface area (Å²) >= 11 is 0. The molecule has 2 aliphatic rings. The van der Waals surface area contributed by atoms with Gasteiger partial charge in [-0.15, -0.1) is 0 Å². The van der Waals surface area contributed by atoms with Gasteiger partial charge in [0.15, 0.2) is 0 Å². The molecule has 2 aliphatic carbocycles. The molecular formula is C18H27NO. The van der Waals surface area contributed by atoms with Crippen molar-refractivity contribution >= 4 is 0 Å². The van der Waals surface area contributed by atoms with Gasteiger partial charge in [-0.25, -0.2) is 0 Å². The lowest BCUT2D eigenvalue weighted by Gasteiger charge is -2.22. The average molecular weight is 273 g/mol. The standard InChI is InChI=1S/C18H27NO/c20-14-8-2-1-7-13-19(15-17-9-3-4-10-17)16-18-11-5-6-12-18/h3,5,9-12,20H,1-2,4,6-8,13-16H2. The van der Waals surface area contributed by atoms with Crippen LogP contribution in [-0.4, -0.2) is 36.2 Å². The third-order valence-electron chi connectivity index (χ3n) is 3.89. The average Bonchev–Trinajstić information content (AvgIpc) is 3.12. The number of aliphatic hydroxyl groups excluding tert-OH is 1. The van der Waals surface area contributed by atoms with E-state index in [1.54, 1.807) is 0 Å². The van der Waals surface area contributed by atoms with Crippen LogP contribution >= 0.6 is 0 Å². The summed E-state index contributed by atoms with van der Waals surface area (Å²) in [6.07, 6.45) is 20.4. The number of hydrogen-bond donors (Lipinski definition) is 1. The SMILES string of the molecule is OCCCCCCN(CC1=CCC=C1)CC1=CCC=C1. The van der Waals surface area contributed by atoms with E-state index in [0.717, 1.165) is 45.3 Å². The number of unbranched alkanes of at least 4 members (excludes halogenated alkanes) is 3. The van der Waals surface area contributed by atoms with Crippen molar-refractivity contribution in [3.8, 4) is 0 Å². The van der Waals surface area contributed by atoms with Crippen molar-refractivity contribution in [2.45, 2.75) is 38.5 Å². The zero-order chi connectivity index (χ0) is 14.0. The summed E-state index contributed by atoms with van der Waals surface area (Å²) < 4.78 is 0. The van der Waals surface area contributed by atoms with Crippen molar-refractivity contribution in [1.82, 2.24) is 4.90 Å². The van der Waals surface area contributed by atoms with Crippen LogP contribution in [0, 0.1) is 0 Å². The Hall–Kier alpha value is -1.12. The molecule has 0 unspecified atom stereocenters. The summed E-state index contributed by atoms with van der Waals surface area (Å²) in [7, 11) is 0. The fraction of sp³-hybridized carbons (Fsp3) is 0.556. The topological polar surface area (TPSA) is 23.5 Å². The third kappa shape index (κ3) is 5.48. The summed E-state index contributed by atoms with van der Waals surface area (Å²) in [6, 6.07) is 0. The highest BCUT2D eigenvalue weighted by Crippen LogP contribution is 2.15. The third-order valence-corrected chi connectivity index (χ3v) is 3.89. The fourth-order valence-corrected chi connectivity index (χ4v) is 2.78. The summed E-state index contributed by atoms with van der Waals surface area (Å²) in [5, 5.41) is 8.81. The minimum Gasteiger partial charge on any atom is -0.396 e. The largest absolute Gasteiger partial charge is 0.396 e. The molecule has 0 aromatic heterocycles. The Labute approximate surface area is 123 Å². The van der Waals surface area contributed by atoms with Crippen molar-refractivity contribution in [3.63, 3.8) is 0 Å². The molecule has 2 heteroatoms. The highest BCUT2D eigenvalue weighted by molar-refractivity contribution is 5.30. The molecule has 0 amide bonds. The summed E-state index contributed by atoms with van der Waals surface area (Å²) in [5.41, 5.74) is 2.92. The van der Waals surface area contributed by atoms with Gasteiger partial charge in [-0.3, -0.25) is 4.90 Å². The summed E-state index contributed by atoms with van der Waals surface area (Å²) in [6.45, 7) is 3.63. The molecule has 110 valence electrons. The number of nitrogens with zero attached hydrogens (tertiary/aromatic N) is 1. The predicted octanol–water partition coefficient (Wildman–Crippen LogP) is 3.61. The Morgan fingerprint density at radius 2 is 1.45 bits per heavy atom. The van der Waals surface area contributed by atoms with Gasteiger partial charge in [-0.05, 0) is 43.4 Å². The molecular weight excluding hydrogens is 246 g/mol. The molecule has 0 bridgehead atoms. The maximum absolute atomic E-state index is 8.81. The molecule has 0 atom stereocenters. The van der Waals surface area contributed by atoms with Crippen LogP contribution < -0.4 is 0 Å². The van der Waals surface area contributed by atoms with Crippen molar-refractivity contribution in [2.75, 3.05) is 26.2 Å². The van der Waals surface area contributed by atoms with Gasteiger partial charge in [0.1, 0.15) is 0 Å². The minimum absolute atomic E-state index is 0.332. The molecule has 2 nitrogen and oxygen atoms in total. The van der Waals surface area contributed by atoms with Gasteiger partial charge in [-0.1, -0.05) is 49.3 Å². The zero-order valence-electron chi connectivity index (χ0n) is 12.4. The molecule has 0 aromatic carbocycles. The molecule has 0 aliphatic heterocycles. The molecule has 0 saturated carbocycles. The van der Waals surface area contributed by atoms with Gasteiger partial charge in [0, 0.05) is 19.7 Å². The molecule has 0 fully saturated rings. The first-order valence-electron chi connectivity index (χ1n) is 7.93. The van der Waals surface area contributed by atoms with Crippen LogP contribution in [0.2, 0.25) is 0 Å². The molecule has 0 radical (unpaired) electrons. The van der Waals surface area contributed by atoms with Gasteiger partial charge in [0.25, 0.3) is 0 Å². The Kier molecular flexibility index (Phi) is 6.82. The summed E-state index contributed by atoms with van der Waals surface area (Å²) in [4.78, 5) is 2.56. The molecule has 0 heterocycles. The molecule has 1 N–H and O–H groups in total. The Morgan fingerprint density at radius 1 is 0.850 bits per heavy atom. The zero-order valence-corrected chi connectivity index (χ0v) is 12.4. The monoisotopic (exact) mass is 273 g/mol. The Balaban J connectivity index is 1.76. The second kappa shape index (κ2) is 8.93. The van der Waals surface area contributed by atoms with Crippen LogP contribution in [-0.2, 0) is 0 Å². The smallest absolute Gasteiger partial charge is 0.0431 e. The van der Waals surface area contributed by atoms with Gasteiger partial charge in [-0.2, -0.15) is 0 Å². The van der Waals surface area contributed by atoms with Gasteiger partial charge < -0.3 is 5.11 Å². The summed E-state index contributed by atoms with van der Waals surface area (Å²) in [5.74, 6) is 0. The fourth-order valence-electron chi connectivity index (χ4n) is 2.78. The van der Waals surface area contributed by atoms with Crippen LogP contribution in [0.3, 0.4) is 0 Å². The van der Waals surface area contributed by atoms with Crippen molar-refractivity contribution in [1.29, 1.82) is 0 Å². The van der Waals surface area contributed by atoms with E-state index in [0.29, 0.717) is 6.61 Å². The molecule has 0 spiro atoms. The van der Waals surface area contributed by atoms with Crippen LogP contribution in [0.5, 0.6) is 0 Å². The number of allylic oxidation sites excluding steroid dienone is 4. The molecule has 0 aromatic rings. The van der Waals surface area contributed by atoms with Crippen molar-refractivity contribution < 1.29 is 5.11 Å². The number of rotatable bonds is 10. The van der Waals surface area contributed by atoms with Crippen molar-refractivity contribution in [2.24, 2.45) is 0 Å². The lowest BCUT2D eigenvalue weighted by atomic mass is 10.1. The Morgan fingerprint density at radius 3 is 1.95 bits per heavy atom. The van der Waals surface area contributed by atoms with E-state index in [-0.39, 0.29) is 0 Å². The molecule has 20 heavy (non-hydrogen) atoms. The first-order chi connectivity index (χ1) is 9.88. The van der Waals surface area contributed by atoms with E-state index < -0.39 is 0 Å². The lowest BCUT2D eigenvalue weighted by molar-refractivity contribution is 0.277. The quantitative estimate of drug-likeness (QED) is 0.615. The van der Waals surface area contributed by atoms with E-state index >= 15 is 0 Å². The van der Waals surface area contributed by atoms with Crippen LogP contribution in [0.1, 0.15) is 38.5 Å². The molecule has 0 saturated heterocycles. The maximum atomic E-state index is 8.81.